The molecule has 21 heavy (non-hydrogen) atoms. The Hall–Kier alpha value is -1.79. The molecule has 1 saturated carbocycles. The van der Waals surface area contributed by atoms with Crippen molar-refractivity contribution in [3.8, 4) is 0 Å². The Morgan fingerprint density at radius 1 is 1.00 bits per heavy atom. The Labute approximate surface area is 118 Å². The van der Waals surface area contributed by atoms with Crippen LogP contribution in [0.15, 0.2) is 0 Å². The zero-order valence-electron chi connectivity index (χ0n) is 11.3. The van der Waals surface area contributed by atoms with Crippen LogP contribution in [-0.4, -0.2) is 25.2 Å². The second-order valence-corrected chi connectivity index (χ2v) is 5.30. The molecule has 1 aliphatic carbocycles. The Balaban J connectivity index is 2.09. The van der Waals surface area contributed by atoms with Gasteiger partial charge in [-0.2, -0.15) is 0 Å². The number of rotatable bonds is 2. The number of anilines is 1. The van der Waals surface area contributed by atoms with Crippen LogP contribution in [0.1, 0.15) is 36.0 Å². The van der Waals surface area contributed by atoms with Crippen LogP contribution < -0.4 is 4.90 Å². The number of benzene rings is 1. The molecular weight excluding hydrogens is 290 g/mol. The van der Waals surface area contributed by atoms with Gasteiger partial charge in [0.25, 0.3) is 0 Å². The summed E-state index contributed by atoms with van der Waals surface area (Å²) in [4.78, 5) is 12.6. The van der Waals surface area contributed by atoms with Gasteiger partial charge in [0.2, 0.25) is 0 Å². The van der Waals surface area contributed by atoms with Crippen LogP contribution >= 0.6 is 0 Å². The maximum absolute atomic E-state index is 14.1. The van der Waals surface area contributed by atoms with E-state index >= 15 is 0 Å². The van der Waals surface area contributed by atoms with Gasteiger partial charge < -0.3 is 9.64 Å². The SMILES string of the molecule is COC(=O)c1c(F)c(F)c(N2C3CCCCC32)c(F)c1F. The molecule has 2 aliphatic rings. The molecule has 7 heteroatoms. The molecule has 3 nitrogen and oxygen atoms in total. The van der Waals surface area contributed by atoms with Gasteiger partial charge in [-0.15, -0.1) is 0 Å². The molecule has 2 fully saturated rings. The molecule has 1 aromatic rings. The molecule has 1 saturated heterocycles. The summed E-state index contributed by atoms with van der Waals surface area (Å²) >= 11 is 0. The van der Waals surface area contributed by atoms with Gasteiger partial charge in [0.15, 0.2) is 23.3 Å². The summed E-state index contributed by atoms with van der Waals surface area (Å²) in [7, 11) is 0.879. The standard InChI is InChI=1S/C14H13F4NO2/c1-21-14(20)8-9(15)11(17)13(12(18)10(8)16)19-6-4-2-3-5-7(6)19/h6-7H,2-5H2,1H3. The first kappa shape index (κ1) is 14.2. The molecule has 0 amide bonds. The number of hydrogen-bond acceptors (Lipinski definition) is 3. The molecule has 2 atom stereocenters. The van der Waals surface area contributed by atoms with Crippen molar-refractivity contribution in [3.05, 3.63) is 28.8 Å². The molecule has 1 aromatic carbocycles. The number of ether oxygens (including phenoxy) is 1. The van der Waals surface area contributed by atoms with Gasteiger partial charge >= 0.3 is 5.97 Å². The second kappa shape index (κ2) is 4.89. The lowest BCUT2D eigenvalue weighted by Crippen LogP contribution is -2.16. The fourth-order valence-corrected chi connectivity index (χ4v) is 3.16. The highest BCUT2D eigenvalue weighted by molar-refractivity contribution is 5.90. The van der Waals surface area contributed by atoms with Gasteiger partial charge in [0.1, 0.15) is 11.3 Å². The summed E-state index contributed by atoms with van der Waals surface area (Å²) in [6.07, 6.45) is 3.33. The van der Waals surface area contributed by atoms with E-state index in [0.29, 0.717) is 0 Å². The second-order valence-electron chi connectivity index (χ2n) is 5.30. The largest absolute Gasteiger partial charge is 0.465 e. The van der Waals surface area contributed by atoms with E-state index in [1.807, 2.05) is 0 Å². The van der Waals surface area contributed by atoms with E-state index in [0.717, 1.165) is 32.8 Å². The molecule has 1 heterocycles. The normalized spacial score (nSPS) is 23.8. The summed E-state index contributed by atoms with van der Waals surface area (Å²) < 4.78 is 60.1. The number of fused-ring (bicyclic) bond motifs is 1. The summed E-state index contributed by atoms with van der Waals surface area (Å²) in [5.41, 5.74) is -2.05. The average molecular weight is 303 g/mol. The number of carbonyl (C=O) groups is 1. The van der Waals surface area contributed by atoms with Crippen LogP contribution in [0.5, 0.6) is 0 Å². The predicted octanol–water partition coefficient (Wildman–Crippen LogP) is 3.16. The molecule has 3 rings (SSSR count). The number of carbonyl (C=O) groups excluding carboxylic acids is 1. The Morgan fingerprint density at radius 2 is 1.48 bits per heavy atom. The van der Waals surface area contributed by atoms with Crippen LogP contribution in [0.3, 0.4) is 0 Å². The highest BCUT2D eigenvalue weighted by Crippen LogP contribution is 2.47. The molecule has 0 aromatic heterocycles. The van der Waals surface area contributed by atoms with E-state index < -0.39 is 40.5 Å². The first-order chi connectivity index (χ1) is 9.99. The average Bonchev–Trinajstić information content (AvgIpc) is 3.20. The third-order valence-electron chi connectivity index (χ3n) is 4.21. The van der Waals surface area contributed by atoms with Crippen molar-refractivity contribution in [1.82, 2.24) is 0 Å². The first-order valence-corrected chi connectivity index (χ1v) is 6.71. The smallest absolute Gasteiger partial charge is 0.344 e. The fourth-order valence-electron chi connectivity index (χ4n) is 3.16. The highest BCUT2D eigenvalue weighted by atomic mass is 19.2. The number of esters is 1. The van der Waals surface area contributed by atoms with Crippen molar-refractivity contribution in [1.29, 1.82) is 0 Å². The Morgan fingerprint density at radius 3 is 1.90 bits per heavy atom. The maximum atomic E-state index is 14.1. The minimum Gasteiger partial charge on any atom is -0.465 e. The van der Waals surface area contributed by atoms with E-state index in [2.05, 4.69) is 4.74 Å². The van der Waals surface area contributed by atoms with Crippen LogP contribution in [0.2, 0.25) is 0 Å². The van der Waals surface area contributed by atoms with E-state index in [4.69, 9.17) is 0 Å². The summed E-state index contributed by atoms with van der Waals surface area (Å²) in [5.74, 6) is -7.94. The van der Waals surface area contributed by atoms with E-state index in [-0.39, 0.29) is 12.1 Å². The van der Waals surface area contributed by atoms with Crippen molar-refractivity contribution in [2.24, 2.45) is 0 Å². The molecule has 114 valence electrons. The third-order valence-corrected chi connectivity index (χ3v) is 4.21. The molecule has 1 aliphatic heterocycles. The fraction of sp³-hybridized carbons (Fsp3) is 0.500. The lowest BCUT2D eigenvalue weighted by Gasteiger charge is -2.13. The molecule has 0 spiro atoms. The quantitative estimate of drug-likeness (QED) is 0.364. The van der Waals surface area contributed by atoms with Crippen molar-refractivity contribution in [2.45, 2.75) is 37.8 Å². The van der Waals surface area contributed by atoms with E-state index in [9.17, 15) is 22.4 Å². The van der Waals surface area contributed by atoms with Crippen molar-refractivity contribution in [3.63, 3.8) is 0 Å². The summed E-state index contributed by atoms with van der Waals surface area (Å²) in [5, 5.41) is 0. The van der Waals surface area contributed by atoms with Crippen LogP contribution in [0, 0.1) is 23.3 Å². The van der Waals surface area contributed by atoms with Crippen LogP contribution in [0.4, 0.5) is 23.2 Å². The maximum Gasteiger partial charge on any atom is 0.344 e. The zero-order chi connectivity index (χ0) is 15.3. The van der Waals surface area contributed by atoms with Crippen molar-refractivity contribution < 1.29 is 27.1 Å². The van der Waals surface area contributed by atoms with Crippen molar-refractivity contribution >= 4 is 11.7 Å². The van der Waals surface area contributed by atoms with Gasteiger partial charge in [0.05, 0.1) is 7.11 Å². The van der Waals surface area contributed by atoms with Crippen LogP contribution in [0.25, 0.3) is 0 Å². The first-order valence-electron chi connectivity index (χ1n) is 6.71. The van der Waals surface area contributed by atoms with Gasteiger partial charge in [-0.3, -0.25) is 0 Å². The minimum atomic E-state index is -1.71. The molecular formula is C14H13F4NO2. The number of halogens is 4. The number of nitrogens with zero attached hydrogens (tertiary/aromatic N) is 1. The topological polar surface area (TPSA) is 29.3 Å². The molecule has 2 unspecified atom stereocenters. The van der Waals surface area contributed by atoms with E-state index in [1.54, 1.807) is 0 Å². The van der Waals surface area contributed by atoms with Gasteiger partial charge in [-0.25, -0.2) is 22.4 Å². The third kappa shape index (κ3) is 1.98. The Bertz CT molecular complexity index is 578. The number of methoxy groups -OCH3 is 1. The Kier molecular flexibility index (Phi) is 3.30. The number of hydrogen-bond donors (Lipinski definition) is 0. The molecule has 0 radical (unpaired) electrons. The summed E-state index contributed by atoms with van der Waals surface area (Å²) in [6, 6.07) is -0.156. The predicted molar refractivity (Wildman–Crippen MR) is 66.1 cm³/mol. The van der Waals surface area contributed by atoms with Crippen molar-refractivity contribution in [2.75, 3.05) is 12.0 Å². The monoisotopic (exact) mass is 303 g/mol. The minimum absolute atomic E-state index is 0.0782. The van der Waals surface area contributed by atoms with Gasteiger partial charge in [-0.1, -0.05) is 12.8 Å². The lowest BCUT2D eigenvalue weighted by molar-refractivity contribution is 0.0587. The molecule has 0 N–H and O–H groups in total. The summed E-state index contributed by atoms with van der Waals surface area (Å²) in [6.45, 7) is 0. The lowest BCUT2D eigenvalue weighted by atomic mass is 10.0. The zero-order valence-corrected chi connectivity index (χ0v) is 11.3. The van der Waals surface area contributed by atoms with E-state index in [1.165, 1.54) is 4.90 Å². The van der Waals surface area contributed by atoms with Crippen LogP contribution in [-0.2, 0) is 4.74 Å². The molecule has 0 bridgehead atoms. The van der Waals surface area contributed by atoms with Gasteiger partial charge in [0, 0.05) is 12.1 Å². The van der Waals surface area contributed by atoms with Gasteiger partial charge in [-0.05, 0) is 12.8 Å². The highest BCUT2D eigenvalue weighted by Gasteiger charge is 2.51.